The molecule has 0 saturated heterocycles. The third-order valence-electron chi connectivity index (χ3n) is 3.89. The first-order valence-electron chi connectivity index (χ1n) is 7.55. The van der Waals surface area contributed by atoms with Crippen molar-refractivity contribution in [3.63, 3.8) is 0 Å². The molecule has 5 nitrogen and oxygen atoms in total. The van der Waals surface area contributed by atoms with E-state index in [9.17, 15) is 9.65 Å². The minimum atomic E-state index is -0.360. The van der Waals surface area contributed by atoms with Crippen LogP contribution in [0.2, 0.25) is 0 Å². The zero-order chi connectivity index (χ0) is 18.0. The first kappa shape index (κ1) is 16.5. The summed E-state index contributed by atoms with van der Waals surface area (Å²) >= 11 is 0. The van der Waals surface area contributed by atoms with Gasteiger partial charge in [-0.3, -0.25) is 0 Å². The molecule has 0 aliphatic rings. The summed E-state index contributed by atoms with van der Waals surface area (Å²) in [5, 5.41) is 9.53. The summed E-state index contributed by atoms with van der Waals surface area (Å²) in [6, 6.07) is 10.0. The number of halogens is 1. The number of fused-ring (bicyclic) bond motifs is 1. The molecule has 126 valence electrons. The number of rotatable bonds is 4. The van der Waals surface area contributed by atoms with Crippen LogP contribution in [-0.4, -0.2) is 24.2 Å². The minimum absolute atomic E-state index is 0.340. The molecule has 2 aromatic carbocycles. The Balaban J connectivity index is 2.09. The van der Waals surface area contributed by atoms with Gasteiger partial charge in [-0.25, -0.2) is 9.37 Å². The van der Waals surface area contributed by atoms with Gasteiger partial charge in [0.1, 0.15) is 17.7 Å². The average Bonchev–Trinajstić information content (AvgIpc) is 3.03. The highest BCUT2D eigenvalue weighted by atomic mass is 19.1. The van der Waals surface area contributed by atoms with E-state index >= 15 is 0 Å². The Hall–Kier alpha value is -3.33. The first-order valence-corrected chi connectivity index (χ1v) is 7.55. The van der Waals surface area contributed by atoms with Crippen LogP contribution in [0, 0.1) is 24.1 Å². The Bertz CT molecular complexity index is 1020. The molecule has 0 atom stereocenters. The molecule has 1 heterocycles. The van der Waals surface area contributed by atoms with Crippen LogP contribution in [0.1, 0.15) is 17.0 Å². The highest BCUT2D eigenvalue weighted by Crippen LogP contribution is 2.32. The Kier molecular flexibility index (Phi) is 4.40. The number of nitrogens with one attached hydrogen (secondary N) is 1. The maximum atomic E-state index is 13.3. The Morgan fingerprint density at radius 2 is 1.92 bits per heavy atom. The summed E-state index contributed by atoms with van der Waals surface area (Å²) in [5.74, 6) is 1.22. The number of aryl methyl sites for hydroxylation is 1. The van der Waals surface area contributed by atoms with Crippen LogP contribution >= 0.6 is 0 Å². The van der Waals surface area contributed by atoms with Gasteiger partial charge < -0.3 is 14.5 Å². The maximum absolute atomic E-state index is 13.3. The minimum Gasteiger partial charge on any atom is -0.493 e. The highest BCUT2D eigenvalue weighted by Gasteiger charge is 2.12. The number of ether oxygens (including phenoxy) is 2. The van der Waals surface area contributed by atoms with E-state index in [0.717, 1.165) is 11.1 Å². The lowest BCUT2D eigenvalue weighted by atomic mass is 10.0. The van der Waals surface area contributed by atoms with Crippen LogP contribution in [-0.2, 0) is 0 Å². The summed E-state index contributed by atoms with van der Waals surface area (Å²) in [4.78, 5) is 7.34. The first-order chi connectivity index (χ1) is 12.0. The van der Waals surface area contributed by atoms with Gasteiger partial charge >= 0.3 is 0 Å². The summed E-state index contributed by atoms with van der Waals surface area (Å²) in [5.41, 5.74) is 3.21. The summed E-state index contributed by atoms with van der Waals surface area (Å²) in [6.45, 7) is 1.91. The van der Waals surface area contributed by atoms with Crippen molar-refractivity contribution in [2.45, 2.75) is 6.92 Å². The van der Waals surface area contributed by atoms with E-state index in [1.807, 2.05) is 13.0 Å². The van der Waals surface area contributed by atoms with E-state index in [0.29, 0.717) is 33.9 Å². The number of imidazole rings is 1. The Morgan fingerprint density at radius 1 is 1.20 bits per heavy atom. The second kappa shape index (κ2) is 6.65. The number of aromatic amines is 1. The van der Waals surface area contributed by atoms with Crippen molar-refractivity contribution in [3.8, 4) is 17.6 Å². The van der Waals surface area contributed by atoms with E-state index in [4.69, 9.17) is 9.47 Å². The molecule has 0 aliphatic carbocycles. The van der Waals surface area contributed by atoms with Crippen LogP contribution in [0.25, 0.3) is 22.7 Å². The molecule has 1 aromatic heterocycles. The van der Waals surface area contributed by atoms with Crippen molar-refractivity contribution in [1.82, 2.24) is 9.97 Å². The Labute approximate surface area is 144 Å². The average molecular weight is 337 g/mol. The number of H-pyrrole nitrogens is 1. The zero-order valence-electron chi connectivity index (χ0n) is 14.1. The second-order valence-electron chi connectivity index (χ2n) is 5.48. The van der Waals surface area contributed by atoms with E-state index in [2.05, 4.69) is 16.0 Å². The molecule has 1 N–H and O–H groups in total. The van der Waals surface area contributed by atoms with Crippen molar-refractivity contribution >= 4 is 22.7 Å². The predicted molar refractivity (Wildman–Crippen MR) is 93.8 cm³/mol. The largest absolute Gasteiger partial charge is 0.493 e. The van der Waals surface area contributed by atoms with Gasteiger partial charge in [0, 0.05) is 0 Å². The van der Waals surface area contributed by atoms with Crippen LogP contribution in [0.4, 0.5) is 4.39 Å². The van der Waals surface area contributed by atoms with Crippen LogP contribution in [0.15, 0.2) is 30.3 Å². The summed E-state index contributed by atoms with van der Waals surface area (Å²) in [7, 11) is 3.13. The van der Waals surface area contributed by atoms with Crippen molar-refractivity contribution in [1.29, 1.82) is 5.26 Å². The SMILES string of the molecule is COc1cc(C)c(/C=C(/C#N)c2nc3ccc(F)cc3[nH]2)cc1OC. The normalized spacial score (nSPS) is 11.4. The van der Waals surface area contributed by atoms with Gasteiger partial charge in [0.25, 0.3) is 0 Å². The maximum Gasteiger partial charge on any atom is 0.161 e. The lowest BCUT2D eigenvalue weighted by molar-refractivity contribution is 0.354. The lowest BCUT2D eigenvalue weighted by Gasteiger charge is -2.10. The van der Waals surface area contributed by atoms with Crippen molar-refractivity contribution < 1.29 is 13.9 Å². The number of methoxy groups -OCH3 is 2. The summed E-state index contributed by atoms with van der Waals surface area (Å²) < 4.78 is 23.9. The molecule has 3 rings (SSSR count). The molecule has 25 heavy (non-hydrogen) atoms. The molecule has 6 heteroatoms. The van der Waals surface area contributed by atoms with E-state index in [1.54, 1.807) is 32.4 Å². The molecule has 0 amide bonds. The fourth-order valence-corrected chi connectivity index (χ4v) is 2.57. The molecule has 0 saturated carbocycles. The quantitative estimate of drug-likeness (QED) is 0.728. The number of allylic oxidation sites excluding steroid dienone is 1. The molecule has 0 spiro atoms. The van der Waals surface area contributed by atoms with Gasteiger partial charge in [0.05, 0.1) is 30.8 Å². The van der Waals surface area contributed by atoms with Crippen LogP contribution in [0.3, 0.4) is 0 Å². The van der Waals surface area contributed by atoms with Gasteiger partial charge in [-0.2, -0.15) is 5.26 Å². The highest BCUT2D eigenvalue weighted by molar-refractivity contribution is 5.91. The van der Waals surface area contributed by atoms with Gasteiger partial charge in [0.15, 0.2) is 11.5 Å². The van der Waals surface area contributed by atoms with Crippen molar-refractivity contribution in [2.24, 2.45) is 0 Å². The van der Waals surface area contributed by atoms with Crippen molar-refractivity contribution in [3.05, 3.63) is 53.1 Å². The van der Waals surface area contributed by atoms with Crippen LogP contribution in [0.5, 0.6) is 11.5 Å². The fourth-order valence-electron chi connectivity index (χ4n) is 2.57. The number of aromatic nitrogens is 2. The second-order valence-corrected chi connectivity index (χ2v) is 5.48. The zero-order valence-corrected chi connectivity index (χ0v) is 14.1. The van der Waals surface area contributed by atoms with Gasteiger partial charge in [0.2, 0.25) is 0 Å². The molecule has 3 aromatic rings. The summed E-state index contributed by atoms with van der Waals surface area (Å²) in [6.07, 6.45) is 1.71. The number of nitrogens with zero attached hydrogens (tertiary/aromatic N) is 2. The number of nitriles is 1. The van der Waals surface area contributed by atoms with E-state index in [-0.39, 0.29) is 5.82 Å². The van der Waals surface area contributed by atoms with E-state index in [1.165, 1.54) is 12.1 Å². The van der Waals surface area contributed by atoms with Gasteiger partial charge in [-0.15, -0.1) is 0 Å². The number of hydrogen-bond donors (Lipinski definition) is 1. The van der Waals surface area contributed by atoms with Crippen LogP contribution < -0.4 is 9.47 Å². The predicted octanol–water partition coefficient (Wildman–Crippen LogP) is 4.09. The lowest BCUT2D eigenvalue weighted by Crippen LogP contribution is -1.94. The molecule has 0 unspecified atom stereocenters. The molecular formula is C19H16FN3O2. The fraction of sp³-hybridized carbons (Fsp3) is 0.158. The third kappa shape index (κ3) is 3.17. The Morgan fingerprint density at radius 3 is 2.60 bits per heavy atom. The monoisotopic (exact) mass is 337 g/mol. The number of benzene rings is 2. The smallest absolute Gasteiger partial charge is 0.161 e. The van der Waals surface area contributed by atoms with Crippen molar-refractivity contribution in [2.75, 3.05) is 14.2 Å². The van der Waals surface area contributed by atoms with Gasteiger partial charge in [-0.05, 0) is 54.5 Å². The molecule has 0 fully saturated rings. The molecule has 0 radical (unpaired) electrons. The van der Waals surface area contributed by atoms with Gasteiger partial charge in [-0.1, -0.05) is 0 Å². The standard InChI is InChI=1S/C19H16FN3O2/c1-11-6-17(24-2)18(25-3)8-12(11)7-13(10-21)19-22-15-5-4-14(20)9-16(15)23-19/h4-9H,1-3H3,(H,22,23)/b13-7-. The molecule has 0 bridgehead atoms. The van der Waals surface area contributed by atoms with E-state index < -0.39 is 0 Å². The number of hydrogen-bond acceptors (Lipinski definition) is 4. The third-order valence-corrected chi connectivity index (χ3v) is 3.89. The topological polar surface area (TPSA) is 70.9 Å². The molecule has 0 aliphatic heterocycles. The molecular weight excluding hydrogens is 321 g/mol.